The van der Waals surface area contributed by atoms with Crippen molar-refractivity contribution < 1.29 is 43.2 Å². The topological polar surface area (TPSA) is 102 Å². The van der Waals surface area contributed by atoms with Crippen molar-refractivity contribution in [3.63, 3.8) is 0 Å². The third kappa shape index (κ3) is 6.05. The molecule has 2 aliphatic heterocycles. The molecule has 1 atom stereocenters. The number of sulfonamides is 1. The number of hydrogen-bond donors (Lipinski definition) is 0. The Kier molecular flexibility index (Phi) is 8.08. The fourth-order valence-electron chi connectivity index (χ4n) is 3.64. The molecule has 170 valence electrons. The van der Waals surface area contributed by atoms with Crippen molar-refractivity contribution >= 4 is 27.5 Å². The van der Waals surface area contributed by atoms with E-state index in [4.69, 9.17) is 27.9 Å². The SMILES string of the molecule is COc1cc(Oc2ccc(C3CCCN4CCS(=O)(=O)N=C34)cc2)ccc1Cl.[O]=[Pt]=[O]. The predicted molar refractivity (Wildman–Crippen MR) is 111 cm³/mol. The molecule has 1 fully saturated rings. The molecule has 0 bridgehead atoms. The molecule has 2 aliphatic rings. The summed E-state index contributed by atoms with van der Waals surface area (Å²) in [5, 5.41) is 0.523. The summed E-state index contributed by atoms with van der Waals surface area (Å²) in [5.74, 6) is 2.62. The van der Waals surface area contributed by atoms with Gasteiger partial charge in [0.2, 0.25) is 0 Å². The quantitative estimate of drug-likeness (QED) is 0.497. The van der Waals surface area contributed by atoms with Crippen LogP contribution < -0.4 is 9.47 Å². The molecule has 0 radical (unpaired) electrons. The first-order valence-electron chi connectivity index (χ1n) is 9.40. The van der Waals surface area contributed by atoms with Crippen molar-refractivity contribution in [2.45, 2.75) is 18.8 Å². The van der Waals surface area contributed by atoms with E-state index >= 15 is 0 Å². The van der Waals surface area contributed by atoms with Gasteiger partial charge in [-0.05, 0) is 42.7 Å². The molecule has 0 aliphatic carbocycles. The monoisotopic (exact) mass is 647 g/mol. The first-order chi connectivity index (χ1) is 14.9. The molecule has 0 amide bonds. The van der Waals surface area contributed by atoms with E-state index in [2.05, 4.69) is 9.30 Å². The Morgan fingerprint density at radius 2 is 1.77 bits per heavy atom. The molecule has 2 aromatic rings. The molecular formula is C20H21ClN2O6PtS. The van der Waals surface area contributed by atoms with Crippen molar-refractivity contribution in [1.29, 1.82) is 0 Å². The van der Waals surface area contributed by atoms with Gasteiger partial charge in [-0.15, -0.1) is 4.40 Å². The van der Waals surface area contributed by atoms with Gasteiger partial charge in [-0.2, -0.15) is 0 Å². The molecule has 1 saturated heterocycles. The van der Waals surface area contributed by atoms with Crippen molar-refractivity contribution in [3.8, 4) is 17.2 Å². The number of fused-ring (bicyclic) bond motifs is 1. The third-order valence-electron chi connectivity index (χ3n) is 5.05. The Morgan fingerprint density at radius 3 is 2.45 bits per heavy atom. The summed E-state index contributed by atoms with van der Waals surface area (Å²) in [5.41, 5.74) is 1.04. The fraction of sp³-hybridized carbons (Fsp3) is 0.350. The number of hydrogen-bond acceptors (Lipinski definition) is 7. The van der Waals surface area contributed by atoms with Crippen LogP contribution in [-0.2, 0) is 35.3 Å². The predicted octanol–water partition coefficient (Wildman–Crippen LogP) is 3.82. The van der Waals surface area contributed by atoms with Crippen LogP contribution in [0.2, 0.25) is 5.02 Å². The van der Waals surface area contributed by atoms with Crippen LogP contribution >= 0.6 is 11.6 Å². The average Bonchev–Trinajstić information content (AvgIpc) is 2.75. The molecule has 4 rings (SSSR count). The van der Waals surface area contributed by atoms with Crippen LogP contribution in [0.25, 0.3) is 0 Å². The minimum absolute atomic E-state index is 0.00602. The summed E-state index contributed by atoms with van der Waals surface area (Å²) >= 11 is 4.13. The number of halogens is 1. The number of methoxy groups -OCH3 is 1. The van der Waals surface area contributed by atoms with Gasteiger partial charge in [-0.3, -0.25) is 0 Å². The molecule has 8 nitrogen and oxygen atoms in total. The Bertz CT molecular complexity index is 1100. The molecule has 0 spiro atoms. The zero-order valence-corrected chi connectivity index (χ0v) is 20.4. The van der Waals surface area contributed by atoms with E-state index in [1.54, 1.807) is 25.3 Å². The summed E-state index contributed by atoms with van der Waals surface area (Å²) < 4.78 is 56.1. The summed E-state index contributed by atoms with van der Waals surface area (Å²) in [4.78, 5) is 2.10. The van der Waals surface area contributed by atoms with Gasteiger partial charge in [-0.25, -0.2) is 8.42 Å². The van der Waals surface area contributed by atoms with Gasteiger partial charge in [0, 0.05) is 25.1 Å². The molecule has 31 heavy (non-hydrogen) atoms. The molecule has 2 aromatic carbocycles. The van der Waals surface area contributed by atoms with Gasteiger partial charge in [-0.1, -0.05) is 23.7 Å². The second kappa shape index (κ2) is 10.6. The van der Waals surface area contributed by atoms with Crippen molar-refractivity contribution in [1.82, 2.24) is 4.90 Å². The molecular weight excluding hydrogens is 627 g/mol. The molecule has 11 heteroatoms. The van der Waals surface area contributed by atoms with Crippen LogP contribution in [0.15, 0.2) is 46.9 Å². The summed E-state index contributed by atoms with van der Waals surface area (Å²) in [7, 11) is -1.80. The Balaban J connectivity index is 0.000000858. The van der Waals surface area contributed by atoms with E-state index in [0.717, 1.165) is 24.9 Å². The van der Waals surface area contributed by atoms with Crippen molar-refractivity contribution in [2.75, 3.05) is 26.0 Å². The van der Waals surface area contributed by atoms with Crippen LogP contribution in [0, 0.1) is 0 Å². The van der Waals surface area contributed by atoms with Crippen LogP contribution in [0.5, 0.6) is 17.2 Å². The standard InChI is InChI=1S/C20H21ClN2O4S.2O.Pt/c1-26-19-13-16(8-9-18(19)21)27-15-6-4-14(5-7-15)17-3-2-10-23-11-12-28(24,25)22-20(17)23;;;/h4-9,13,17H,2-3,10-12H2,1H3;;;. The number of benzene rings is 2. The van der Waals surface area contributed by atoms with Gasteiger partial charge in [0.15, 0.2) is 0 Å². The van der Waals surface area contributed by atoms with E-state index in [-0.39, 0.29) is 11.7 Å². The molecule has 2 heterocycles. The van der Waals surface area contributed by atoms with Gasteiger partial charge >= 0.3 is 25.3 Å². The van der Waals surface area contributed by atoms with E-state index in [9.17, 15) is 8.42 Å². The van der Waals surface area contributed by atoms with E-state index in [1.165, 1.54) is 0 Å². The Hall–Kier alpha value is -1.96. The van der Waals surface area contributed by atoms with E-state index < -0.39 is 28.5 Å². The van der Waals surface area contributed by atoms with Gasteiger partial charge < -0.3 is 14.4 Å². The second-order valence-electron chi connectivity index (χ2n) is 6.94. The zero-order chi connectivity index (χ0) is 22.4. The van der Waals surface area contributed by atoms with Crippen molar-refractivity contribution in [3.05, 3.63) is 53.1 Å². The maximum atomic E-state index is 12.0. The second-order valence-corrected chi connectivity index (χ2v) is 9.48. The minimum atomic E-state index is -3.35. The van der Waals surface area contributed by atoms with Crippen LogP contribution in [0.3, 0.4) is 0 Å². The van der Waals surface area contributed by atoms with Crippen LogP contribution in [0.1, 0.15) is 24.3 Å². The van der Waals surface area contributed by atoms with E-state index in [1.807, 2.05) is 24.3 Å². The maximum absolute atomic E-state index is 12.0. The Labute approximate surface area is 194 Å². The van der Waals surface area contributed by atoms with Crippen LogP contribution in [0.4, 0.5) is 0 Å². The van der Waals surface area contributed by atoms with E-state index in [0.29, 0.717) is 34.7 Å². The number of nitrogens with zero attached hydrogens (tertiary/aromatic N) is 2. The summed E-state index contributed by atoms with van der Waals surface area (Å²) in [6.45, 7) is 1.39. The van der Waals surface area contributed by atoms with Gasteiger partial charge in [0.25, 0.3) is 10.0 Å². The third-order valence-corrected chi connectivity index (χ3v) is 6.52. The Morgan fingerprint density at radius 1 is 1.10 bits per heavy atom. The molecule has 0 N–H and O–H groups in total. The zero-order valence-electron chi connectivity index (χ0n) is 16.6. The summed E-state index contributed by atoms with van der Waals surface area (Å²) in [6, 6.07) is 12.9. The summed E-state index contributed by atoms with van der Waals surface area (Å²) in [6.07, 6.45) is 1.91. The normalized spacial score (nSPS) is 19.5. The number of ether oxygens (including phenoxy) is 2. The molecule has 0 saturated carbocycles. The fourth-order valence-corrected chi connectivity index (χ4v) is 4.90. The van der Waals surface area contributed by atoms with Crippen LogP contribution in [-0.4, -0.2) is 45.1 Å². The number of amidine groups is 1. The average molecular weight is 648 g/mol. The van der Waals surface area contributed by atoms with Gasteiger partial charge in [0.05, 0.1) is 17.9 Å². The first-order valence-corrected chi connectivity index (χ1v) is 13.2. The molecule has 0 aromatic heterocycles. The van der Waals surface area contributed by atoms with Gasteiger partial charge in [0.1, 0.15) is 23.1 Å². The first kappa shape index (κ1) is 23.7. The molecule has 1 unspecified atom stereocenters. The van der Waals surface area contributed by atoms with Crippen molar-refractivity contribution in [2.24, 2.45) is 4.40 Å². The number of rotatable bonds is 4. The number of piperidine rings is 1.